The lowest BCUT2D eigenvalue weighted by atomic mass is 10.1. The first-order valence-electron chi connectivity index (χ1n) is 4.26. The minimum absolute atomic E-state index is 0.815. The van der Waals surface area contributed by atoms with Crippen LogP contribution in [-0.2, 0) is 6.42 Å². The van der Waals surface area contributed by atoms with Crippen molar-refractivity contribution in [2.45, 2.75) is 12.8 Å². The molecule has 1 aromatic heterocycles. The van der Waals surface area contributed by atoms with Crippen molar-refractivity contribution in [3.05, 3.63) is 41.1 Å². The SMILES string of the molecule is [CH2]CCc1csc2cc(Cl)ccc12. The monoisotopic (exact) mass is 209 g/mol. The van der Waals surface area contributed by atoms with Crippen LogP contribution >= 0.6 is 22.9 Å². The average Bonchev–Trinajstić information content (AvgIpc) is 2.49. The maximum atomic E-state index is 5.90. The molecule has 0 saturated heterocycles. The Hall–Kier alpha value is -0.530. The molecule has 0 amide bonds. The van der Waals surface area contributed by atoms with Crippen LogP contribution < -0.4 is 0 Å². The minimum atomic E-state index is 0.815. The normalized spacial score (nSPS) is 10.9. The first kappa shape index (κ1) is 9.04. The van der Waals surface area contributed by atoms with E-state index in [1.54, 1.807) is 11.3 Å². The second-order valence-corrected chi connectivity index (χ2v) is 4.35. The number of aryl methyl sites for hydroxylation is 1. The summed E-state index contributed by atoms with van der Waals surface area (Å²) >= 11 is 7.66. The highest BCUT2D eigenvalue weighted by Crippen LogP contribution is 2.29. The van der Waals surface area contributed by atoms with Gasteiger partial charge in [0.1, 0.15) is 0 Å². The van der Waals surface area contributed by atoms with E-state index in [2.05, 4.69) is 18.4 Å². The minimum Gasteiger partial charge on any atom is -0.143 e. The Morgan fingerprint density at radius 3 is 3.00 bits per heavy atom. The Kier molecular flexibility index (Phi) is 2.56. The smallest absolute Gasteiger partial charge is 0.0420 e. The number of thiophene rings is 1. The van der Waals surface area contributed by atoms with Gasteiger partial charge in [0.15, 0.2) is 0 Å². The first-order chi connectivity index (χ1) is 6.31. The summed E-state index contributed by atoms with van der Waals surface area (Å²) in [5.74, 6) is 0. The van der Waals surface area contributed by atoms with Crippen molar-refractivity contribution in [1.82, 2.24) is 0 Å². The van der Waals surface area contributed by atoms with E-state index in [0.29, 0.717) is 0 Å². The predicted molar refractivity (Wildman–Crippen MR) is 60.5 cm³/mol. The Morgan fingerprint density at radius 1 is 1.38 bits per heavy atom. The summed E-state index contributed by atoms with van der Waals surface area (Å²) in [7, 11) is 0. The summed E-state index contributed by atoms with van der Waals surface area (Å²) in [4.78, 5) is 0. The third kappa shape index (κ3) is 1.72. The van der Waals surface area contributed by atoms with Gasteiger partial charge in [-0.3, -0.25) is 0 Å². The summed E-state index contributed by atoms with van der Waals surface area (Å²) in [6.45, 7) is 3.86. The van der Waals surface area contributed by atoms with E-state index in [1.807, 2.05) is 12.1 Å². The lowest BCUT2D eigenvalue weighted by molar-refractivity contribution is 1.02. The predicted octanol–water partition coefficient (Wildman–Crippen LogP) is 4.32. The highest BCUT2D eigenvalue weighted by Gasteiger charge is 2.02. The maximum Gasteiger partial charge on any atom is 0.0420 e. The molecule has 67 valence electrons. The molecular weight excluding hydrogens is 200 g/mol. The first-order valence-corrected chi connectivity index (χ1v) is 5.52. The standard InChI is InChI=1S/C11H10ClS/c1-2-3-8-7-13-11-6-9(12)4-5-10(8)11/h4-7H,1-3H2. The van der Waals surface area contributed by atoms with Gasteiger partial charge in [0.25, 0.3) is 0 Å². The zero-order chi connectivity index (χ0) is 9.26. The van der Waals surface area contributed by atoms with Crippen molar-refractivity contribution < 1.29 is 0 Å². The van der Waals surface area contributed by atoms with Crippen LogP contribution in [0.1, 0.15) is 12.0 Å². The molecule has 0 atom stereocenters. The van der Waals surface area contributed by atoms with Crippen molar-refractivity contribution in [2.24, 2.45) is 0 Å². The van der Waals surface area contributed by atoms with Crippen molar-refractivity contribution in [3.8, 4) is 0 Å². The van der Waals surface area contributed by atoms with Crippen LogP contribution in [0.4, 0.5) is 0 Å². The molecule has 0 aliphatic heterocycles. The topological polar surface area (TPSA) is 0 Å². The molecule has 2 aromatic rings. The molecule has 0 aliphatic carbocycles. The summed E-state index contributed by atoms with van der Waals surface area (Å²) in [6.07, 6.45) is 2.01. The van der Waals surface area contributed by atoms with E-state index in [0.717, 1.165) is 17.9 Å². The van der Waals surface area contributed by atoms with E-state index in [-0.39, 0.29) is 0 Å². The summed E-state index contributed by atoms with van der Waals surface area (Å²) < 4.78 is 1.27. The molecule has 0 unspecified atom stereocenters. The highest BCUT2D eigenvalue weighted by molar-refractivity contribution is 7.17. The quantitative estimate of drug-likeness (QED) is 0.691. The van der Waals surface area contributed by atoms with Gasteiger partial charge in [-0.2, -0.15) is 0 Å². The zero-order valence-electron chi connectivity index (χ0n) is 7.22. The van der Waals surface area contributed by atoms with Gasteiger partial charge in [-0.05, 0) is 41.3 Å². The van der Waals surface area contributed by atoms with Gasteiger partial charge in [0, 0.05) is 9.72 Å². The third-order valence-electron chi connectivity index (χ3n) is 2.06. The fraction of sp³-hybridized carbons (Fsp3) is 0.182. The van der Waals surface area contributed by atoms with Crippen molar-refractivity contribution >= 4 is 33.0 Å². The lowest BCUT2D eigenvalue weighted by Gasteiger charge is -1.95. The van der Waals surface area contributed by atoms with Crippen LogP contribution in [0.2, 0.25) is 5.02 Å². The molecule has 1 heterocycles. The molecule has 0 saturated carbocycles. The number of halogens is 1. The van der Waals surface area contributed by atoms with E-state index in [4.69, 9.17) is 11.6 Å². The Bertz CT molecular complexity index is 417. The summed E-state index contributed by atoms with van der Waals surface area (Å²) in [5.41, 5.74) is 1.40. The highest BCUT2D eigenvalue weighted by atomic mass is 35.5. The van der Waals surface area contributed by atoms with Gasteiger partial charge in [-0.1, -0.05) is 24.6 Å². The van der Waals surface area contributed by atoms with Crippen LogP contribution in [0, 0.1) is 6.92 Å². The lowest BCUT2D eigenvalue weighted by Crippen LogP contribution is -1.78. The molecule has 1 radical (unpaired) electrons. The summed E-state index contributed by atoms with van der Waals surface area (Å²) in [5, 5.41) is 4.35. The van der Waals surface area contributed by atoms with Crippen molar-refractivity contribution in [3.63, 3.8) is 0 Å². The summed E-state index contributed by atoms with van der Waals surface area (Å²) in [6, 6.07) is 6.07. The Balaban J connectivity index is 2.55. The molecule has 0 aliphatic rings. The molecule has 1 aromatic carbocycles. The molecule has 13 heavy (non-hydrogen) atoms. The number of hydrogen-bond acceptors (Lipinski definition) is 1. The maximum absolute atomic E-state index is 5.90. The molecule has 0 fully saturated rings. The molecule has 0 N–H and O–H groups in total. The van der Waals surface area contributed by atoms with E-state index in [1.165, 1.54) is 15.6 Å². The van der Waals surface area contributed by atoms with Gasteiger partial charge in [0.2, 0.25) is 0 Å². The van der Waals surface area contributed by atoms with Crippen molar-refractivity contribution in [2.75, 3.05) is 0 Å². The van der Waals surface area contributed by atoms with Crippen LogP contribution in [0.25, 0.3) is 10.1 Å². The number of benzene rings is 1. The molecule has 0 spiro atoms. The molecule has 2 rings (SSSR count). The van der Waals surface area contributed by atoms with Gasteiger partial charge >= 0.3 is 0 Å². The van der Waals surface area contributed by atoms with E-state index in [9.17, 15) is 0 Å². The fourth-order valence-corrected chi connectivity index (χ4v) is 2.71. The molecular formula is C11H10ClS. The second-order valence-electron chi connectivity index (χ2n) is 3.00. The average molecular weight is 210 g/mol. The van der Waals surface area contributed by atoms with Gasteiger partial charge in [-0.25, -0.2) is 0 Å². The second kappa shape index (κ2) is 3.69. The van der Waals surface area contributed by atoms with Gasteiger partial charge in [-0.15, -0.1) is 11.3 Å². The Morgan fingerprint density at radius 2 is 2.23 bits per heavy atom. The van der Waals surface area contributed by atoms with E-state index < -0.39 is 0 Å². The largest absolute Gasteiger partial charge is 0.143 e. The van der Waals surface area contributed by atoms with Gasteiger partial charge in [0.05, 0.1) is 0 Å². The van der Waals surface area contributed by atoms with E-state index >= 15 is 0 Å². The third-order valence-corrected chi connectivity index (χ3v) is 3.29. The number of rotatable bonds is 2. The Labute approximate surface area is 87.2 Å². The molecule has 0 nitrogen and oxygen atoms in total. The van der Waals surface area contributed by atoms with Crippen LogP contribution in [0.5, 0.6) is 0 Å². The zero-order valence-corrected chi connectivity index (χ0v) is 8.79. The van der Waals surface area contributed by atoms with Crippen molar-refractivity contribution in [1.29, 1.82) is 0 Å². The number of fused-ring (bicyclic) bond motifs is 1. The van der Waals surface area contributed by atoms with Crippen LogP contribution in [-0.4, -0.2) is 0 Å². The number of hydrogen-bond donors (Lipinski definition) is 0. The van der Waals surface area contributed by atoms with Crippen LogP contribution in [0.15, 0.2) is 23.6 Å². The molecule has 2 heteroatoms. The molecule has 0 bridgehead atoms. The fourth-order valence-electron chi connectivity index (χ4n) is 1.44. The van der Waals surface area contributed by atoms with Crippen LogP contribution in [0.3, 0.4) is 0 Å². The van der Waals surface area contributed by atoms with Gasteiger partial charge < -0.3 is 0 Å².